The van der Waals surface area contributed by atoms with Crippen LogP contribution in [0.1, 0.15) is 97.3 Å². The molecule has 3 unspecified atom stereocenters. The van der Waals surface area contributed by atoms with E-state index < -0.39 is 6.10 Å². The minimum Gasteiger partial charge on any atom is -0.467 e. The zero-order valence-corrected chi connectivity index (χ0v) is 21.5. The molecule has 34 heavy (non-hydrogen) atoms. The lowest BCUT2D eigenvalue weighted by Gasteiger charge is -2.26. The van der Waals surface area contributed by atoms with Crippen molar-refractivity contribution in [3.8, 4) is 0 Å². The van der Waals surface area contributed by atoms with Gasteiger partial charge in [-0.1, -0.05) is 50.5 Å². The molecular formula is C28H46O6. The zero-order chi connectivity index (χ0) is 24.6. The Morgan fingerprint density at radius 2 is 1.88 bits per heavy atom. The van der Waals surface area contributed by atoms with Crippen LogP contribution >= 0.6 is 0 Å². The molecule has 0 spiro atoms. The number of rotatable bonds is 15. The molecule has 0 N–H and O–H groups in total. The maximum atomic E-state index is 12.1. The molecule has 6 nitrogen and oxygen atoms in total. The van der Waals surface area contributed by atoms with Gasteiger partial charge in [0.05, 0.1) is 7.11 Å². The number of allylic oxidation sites excluding steroid dienone is 4. The topological polar surface area (TPSA) is 71.1 Å². The maximum Gasteiger partial charge on any atom is 0.335 e. The van der Waals surface area contributed by atoms with Crippen LogP contribution in [-0.2, 0) is 28.5 Å². The van der Waals surface area contributed by atoms with E-state index in [1.54, 1.807) is 0 Å². The Kier molecular flexibility index (Phi) is 14.2. The van der Waals surface area contributed by atoms with Gasteiger partial charge in [-0.2, -0.15) is 0 Å². The number of unbranched alkanes of at least 4 members (excludes halogenated alkanes) is 4. The molecule has 1 saturated heterocycles. The second kappa shape index (κ2) is 16.9. The van der Waals surface area contributed by atoms with Gasteiger partial charge in [-0.05, 0) is 70.1 Å². The Bertz CT molecular complexity index is 637. The molecule has 0 aromatic heterocycles. The van der Waals surface area contributed by atoms with Crippen LogP contribution in [0.15, 0.2) is 24.3 Å². The second-order valence-corrected chi connectivity index (χ2v) is 9.56. The summed E-state index contributed by atoms with van der Waals surface area (Å²) < 4.78 is 22.1. The Morgan fingerprint density at radius 3 is 2.59 bits per heavy atom. The van der Waals surface area contributed by atoms with Crippen molar-refractivity contribution in [2.24, 2.45) is 11.8 Å². The van der Waals surface area contributed by atoms with Crippen LogP contribution in [0.5, 0.6) is 0 Å². The highest BCUT2D eigenvalue weighted by Gasteiger charge is 2.35. The summed E-state index contributed by atoms with van der Waals surface area (Å²) >= 11 is 0. The highest BCUT2D eigenvalue weighted by Crippen LogP contribution is 2.38. The highest BCUT2D eigenvalue weighted by molar-refractivity contribution is 5.74. The van der Waals surface area contributed by atoms with Gasteiger partial charge in [-0.3, -0.25) is 4.79 Å². The van der Waals surface area contributed by atoms with Crippen LogP contribution in [0.3, 0.4) is 0 Å². The number of methoxy groups -OCH3 is 1. The Labute approximate surface area is 206 Å². The van der Waals surface area contributed by atoms with Gasteiger partial charge >= 0.3 is 11.9 Å². The van der Waals surface area contributed by atoms with Crippen molar-refractivity contribution < 1.29 is 28.5 Å². The Morgan fingerprint density at radius 1 is 1.03 bits per heavy atom. The maximum absolute atomic E-state index is 12.1. The first-order valence-corrected chi connectivity index (χ1v) is 13.4. The molecule has 0 radical (unpaired) electrons. The molecule has 5 atom stereocenters. The standard InChI is InChI=1S/C28H46O6/c1-4-5-6-7-8-10-15-23-19-20-25(33-22(2)29)24(23)16-11-9-12-17-26(28(30)31-3)34-27-18-13-14-21-32-27/h9-11,15,23-27H,4-8,12-14,16-21H2,1-3H3/t23-,24+,25?,26?,27?/m0/s1. The van der Waals surface area contributed by atoms with Crippen molar-refractivity contribution in [3.05, 3.63) is 24.3 Å². The predicted molar refractivity (Wildman–Crippen MR) is 133 cm³/mol. The average molecular weight is 479 g/mol. The van der Waals surface area contributed by atoms with Gasteiger partial charge < -0.3 is 18.9 Å². The van der Waals surface area contributed by atoms with Gasteiger partial charge in [0.1, 0.15) is 6.10 Å². The van der Waals surface area contributed by atoms with E-state index in [4.69, 9.17) is 18.9 Å². The normalized spacial score (nSPS) is 26.2. The molecular weight excluding hydrogens is 432 g/mol. The molecule has 2 aliphatic rings. The Hall–Kier alpha value is -1.66. The summed E-state index contributed by atoms with van der Waals surface area (Å²) in [5, 5.41) is 0. The van der Waals surface area contributed by atoms with Crippen molar-refractivity contribution in [1.82, 2.24) is 0 Å². The lowest BCUT2D eigenvalue weighted by Crippen LogP contribution is -2.33. The van der Waals surface area contributed by atoms with E-state index >= 15 is 0 Å². The SMILES string of the molecule is CCCCCCC=C[C@H]1CCC(OC(C)=O)[C@@H]1CC=CCCC(OC1CCCCO1)C(=O)OC. The monoisotopic (exact) mass is 478 g/mol. The quantitative estimate of drug-likeness (QED) is 0.157. The Balaban J connectivity index is 1.84. The lowest BCUT2D eigenvalue weighted by molar-refractivity contribution is -0.203. The third kappa shape index (κ3) is 10.7. The second-order valence-electron chi connectivity index (χ2n) is 9.56. The van der Waals surface area contributed by atoms with Crippen LogP contribution in [0, 0.1) is 11.8 Å². The first kappa shape index (κ1) is 28.6. The lowest BCUT2D eigenvalue weighted by atomic mass is 9.90. The number of esters is 2. The summed E-state index contributed by atoms with van der Waals surface area (Å²) in [5.41, 5.74) is 0. The van der Waals surface area contributed by atoms with Gasteiger partial charge in [-0.15, -0.1) is 0 Å². The van der Waals surface area contributed by atoms with Gasteiger partial charge in [0, 0.05) is 19.4 Å². The molecule has 2 fully saturated rings. The summed E-state index contributed by atoms with van der Waals surface area (Å²) in [6.07, 6.45) is 21.2. The van der Waals surface area contributed by atoms with Crippen molar-refractivity contribution in [2.45, 2.75) is 116 Å². The van der Waals surface area contributed by atoms with E-state index in [1.165, 1.54) is 39.7 Å². The van der Waals surface area contributed by atoms with Crippen LogP contribution in [-0.4, -0.2) is 44.2 Å². The molecule has 0 bridgehead atoms. The van der Waals surface area contributed by atoms with E-state index in [-0.39, 0.29) is 24.3 Å². The molecule has 2 rings (SSSR count). The van der Waals surface area contributed by atoms with Crippen molar-refractivity contribution in [2.75, 3.05) is 13.7 Å². The molecule has 1 saturated carbocycles. The summed E-state index contributed by atoms with van der Waals surface area (Å²) in [5.74, 6) is 0.189. The molecule has 1 aliphatic heterocycles. The van der Waals surface area contributed by atoms with Gasteiger partial charge in [0.2, 0.25) is 0 Å². The largest absolute Gasteiger partial charge is 0.467 e. The number of hydrogen-bond acceptors (Lipinski definition) is 6. The fourth-order valence-corrected chi connectivity index (χ4v) is 4.94. The summed E-state index contributed by atoms with van der Waals surface area (Å²) in [6, 6.07) is 0. The number of carbonyl (C=O) groups is 2. The van der Waals surface area contributed by atoms with Crippen molar-refractivity contribution in [1.29, 1.82) is 0 Å². The zero-order valence-electron chi connectivity index (χ0n) is 21.5. The van der Waals surface area contributed by atoms with E-state index in [0.29, 0.717) is 24.9 Å². The number of ether oxygens (including phenoxy) is 4. The number of hydrogen-bond donors (Lipinski definition) is 0. The van der Waals surface area contributed by atoms with Crippen LogP contribution in [0.2, 0.25) is 0 Å². The first-order valence-electron chi connectivity index (χ1n) is 13.4. The van der Waals surface area contributed by atoms with E-state index in [2.05, 4.69) is 31.2 Å². The third-order valence-electron chi connectivity index (χ3n) is 6.83. The molecule has 194 valence electrons. The summed E-state index contributed by atoms with van der Waals surface area (Å²) in [4.78, 5) is 23.7. The van der Waals surface area contributed by atoms with Crippen molar-refractivity contribution in [3.63, 3.8) is 0 Å². The smallest absolute Gasteiger partial charge is 0.335 e. The average Bonchev–Trinajstić information content (AvgIpc) is 3.20. The minimum absolute atomic E-state index is 0.0218. The first-order chi connectivity index (χ1) is 16.5. The molecule has 0 amide bonds. The van der Waals surface area contributed by atoms with Crippen LogP contribution < -0.4 is 0 Å². The molecule has 0 aromatic carbocycles. The minimum atomic E-state index is -0.610. The van der Waals surface area contributed by atoms with Crippen LogP contribution in [0.25, 0.3) is 0 Å². The molecule has 6 heteroatoms. The molecule has 1 aliphatic carbocycles. The fraction of sp³-hybridized carbons (Fsp3) is 0.786. The molecule has 0 aromatic rings. The third-order valence-corrected chi connectivity index (χ3v) is 6.83. The summed E-state index contributed by atoms with van der Waals surface area (Å²) in [6.45, 7) is 4.40. The fourth-order valence-electron chi connectivity index (χ4n) is 4.94. The molecule has 1 heterocycles. The van der Waals surface area contributed by atoms with E-state index in [9.17, 15) is 9.59 Å². The van der Waals surface area contributed by atoms with Gasteiger partial charge in [-0.25, -0.2) is 4.79 Å². The van der Waals surface area contributed by atoms with Gasteiger partial charge in [0.15, 0.2) is 12.4 Å². The van der Waals surface area contributed by atoms with E-state index in [1.807, 2.05) is 0 Å². The predicted octanol–water partition coefficient (Wildman–Crippen LogP) is 6.28. The van der Waals surface area contributed by atoms with Crippen LogP contribution in [0.4, 0.5) is 0 Å². The van der Waals surface area contributed by atoms with Gasteiger partial charge in [0.25, 0.3) is 0 Å². The number of carbonyl (C=O) groups excluding carboxylic acids is 2. The highest BCUT2D eigenvalue weighted by atomic mass is 16.7. The summed E-state index contributed by atoms with van der Waals surface area (Å²) in [7, 11) is 1.39. The van der Waals surface area contributed by atoms with E-state index in [0.717, 1.165) is 51.4 Å². The van der Waals surface area contributed by atoms with Crippen molar-refractivity contribution >= 4 is 11.9 Å².